The lowest BCUT2D eigenvalue weighted by Crippen LogP contribution is -2.46. The first-order valence-corrected chi connectivity index (χ1v) is 11.4. The largest absolute Gasteiger partial charge is 0.504 e. The number of phenolic OH excluding ortho intramolecular Hbond substituents is 1. The number of β-amino-alcohol motifs (C(OH)–C–C–N with tert-alkyl or cyclic N) is 1. The molecule has 0 aromatic heterocycles. The molecule has 174 valence electrons. The number of anilines is 1. The molecule has 4 N–H and O–H groups in total. The van der Waals surface area contributed by atoms with E-state index in [1.165, 1.54) is 12.1 Å². The van der Waals surface area contributed by atoms with Gasteiger partial charge in [-0.1, -0.05) is 24.3 Å². The molecule has 0 aliphatic carbocycles. The first-order valence-electron chi connectivity index (χ1n) is 10.2. The highest BCUT2D eigenvalue weighted by Gasteiger charge is 2.28. The Morgan fingerprint density at radius 3 is 2.84 bits per heavy atom. The van der Waals surface area contributed by atoms with E-state index in [4.69, 9.17) is 13.9 Å². The van der Waals surface area contributed by atoms with Crippen LogP contribution in [0.4, 0.5) is 10.5 Å². The summed E-state index contributed by atoms with van der Waals surface area (Å²) in [5.74, 6) is 0.0530. The van der Waals surface area contributed by atoms with Crippen molar-refractivity contribution in [2.75, 3.05) is 24.2 Å². The predicted octanol–water partition coefficient (Wildman–Crippen LogP) is 3.43. The molecule has 1 heterocycles. The molecular weight excluding hydrogens is 434 g/mol. The fourth-order valence-electron chi connectivity index (χ4n) is 3.31. The van der Waals surface area contributed by atoms with Crippen LogP contribution in [-0.2, 0) is 15.6 Å². The highest BCUT2D eigenvalue weighted by atomic mass is 32.2. The number of ether oxygens (including phenoxy) is 1. The number of carbonyl (C=O) groups is 1. The van der Waals surface area contributed by atoms with E-state index in [9.17, 15) is 15.0 Å². The van der Waals surface area contributed by atoms with E-state index >= 15 is 0 Å². The third-order valence-electron chi connectivity index (χ3n) is 5.23. The maximum atomic E-state index is 12.3. The zero-order valence-corrected chi connectivity index (χ0v) is 19.1. The third-order valence-corrected chi connectivity index (χ3v) is 5.46. The average Bonchev–Trinajstić information content (AvgIpc) is 2.78. The van der Waals surface area contributed by atoms with Gasteiger partial charge in [0.25, 0.3) is 0 Å². The van der Waals surface area contributed by atoms with Gasteiger partial charge in [0.15, 0.2) is 11.5 Å². The molecule has 0 fully saturated rings. The maximum Gasteiger partial charge on any atom is 0.414 e. The van der Waals surface area contributed by atoms with Crippen LogP contribution in [0, 0.1) is 0 Å². The van der Waals surface area contributed by atoms with Gasteiger partial charge in [-0.3, -0.25) is 4.90 Å². The Kier molecular flexibility index (Phi) is 8.21. The van der Waals surface area contributed by atoms with Crippen molar-refractivity contribution in [3.8, 4) is 11.5 Å². The predicted molar refractivity (Wildman–Crippen MR) is 122 cm³/mol. The lowest BCUT2D eigenvalue weighted by molar-refractivity contribution is -0.00335. The number of fused-ring (bicyclic) bond motifs is 1. The molecule has 10 heteroatoms. The van der Waals surface area contributed by atoms with E-state index in [1.54, 1.807) is 17.2 Å². The minimum Gasteiger partial charge on any atom is -0.504 e. The fraction of sp³-hybridized carbons (Fsp3) is 0.409. The summed E-state index contributed by atoms with van der Waals surface area (Å²) in [6.45, 7) is 5.06. The zero-order valence-electron chi connectivity index (χ0n) is 18.3. The molecule has 0 bridgehead atoms. The van der Waals surface area contributed by atoms with Crippen molar-refractivity contribution in [1.82, 2.24) is 11.0 Å². The van der Waals surface area contributed by atoms with Crippen molar-refractivity contribution >= 4 is 23.8 Å². The third kappa shape index (κ3) is 6.27. The second kappa shape index (κ2) is 10.9. The summed E-state index contributed by atoms with van der Waals surface area (Å²) in [6.07, 6.45) is 1.16. The standard InChI is InChI=1S/C22H29N3O6S/c1-22(2,10-11-25-17-7-5-4-6-16(17)14-29-21(25)28)23-13-19(27)15-8-9-18(26)20(12-15)30-24-31-32-3/h4-9,12,19,23-24,26-27H,10-11,13-14H2,1-3H3. The minimum absolute atomic E-state index is 0.0832. The summed E-state index contributed by atoms with van der Waals surface area (Å²) in [6, 6.07) is 12.3. The van der Waals surface area contributed by atoms with Gasteiger partial charge >= 0.3 is 6.09 Å². The summed E-state index contributed by atoms with van der Waals surface area (Å²) in [5.41, 5.74) is 4.30. The van der Waals surface area contributed by atoms with Crippen molar-refractivity contribution in [3.63, 3.8) is 0 Å². The molecule has 0 saturated carbocycles. The molecule has 32 heavy (non-hydrogen) atoms. The number of nitrogens with zero attached hydrogens (tertiary/aromatic N) is 1. The van der Waals surface area contributed by atoms with Gasteiger partial charge in [-0.25, -0.2) is 4.79 Å². The van der Waals surface area contributed by atoms with Gasteiger partial charge < -0.3 is 25.1 Å². The van der Waals surface area contributed by atoms with Crippen molar-refractivity contribution in [2.45, 2.75) is 38.5 Å². The number of aliphatic hydroxyl groups is 1. The van der Waals surface area contributed by atoms with E-state index in [0.717, 1.165) is 23.3 Å². The second-order valence-corrected chi connectivity index (χ2v) is 8.53. The minimum atomic E-state index is -0.834. The van der Waals surface area contributed by atoms with Gasteiger partial charge in [0.1, 0.15) is 6.61 Å². The zero-order chi connectivity index (χ0) is 23.1. The number of nitrogens with one attached hydrogen (secondary N) is 2. The number of aromatic hydroxyl groups is 1. The first kappa shape index (κ1) is 24.1. The number of hydrogen-bond donors (Lipinski definition) is 4. The lowest BCUT2D eigenvalue weighted by atomic mass is 9.98. The van der Waals surface area contributed by atoms with Crippen molar-refractivity contribution in [1.29, 1.82) is 0 Å². The van der Waals surface area contributed by atoms with Gasteiger partial charge in [0.2, 0.25) is 0 Å². The number of carbonyl (C=O) groups excluding carboxylic acids is 1. The van der Waals surface area contributed by atoms with E-state index < -0.39 is 6.10 Å². The van der Waals surface area contributed by atoms with Crippen LogP contribution in [0.1, 0.15) is 37.5 Å². The molecule has 0 radical (unpaired) electrons. The van der Waals surface area contributed by atoms with Crippen LogP contribution in [0.3, 0.4) is 0 Å². The number of para-hydroxylation sites is 1. The van der Waals surface area contributed by atoms with Crippen molar-refractivity contribution < 1.29 is 28.9 Å². The van der Waals surface area contributed by atoms with Gasteiger partial charge in [0, 0.05) is 42.5 Å². The number of rotatable bonds is 11. The molecule has 1 atom stereocenters. The smallest absolute Gasteiger partial charge is 0.414 e. The van der Waals surface area contributed by atoms with Gasteiger partial charge in [-0.05, 0) is 49.7 Å². The Morgan fingerprint density at radius 1 is 1.28 bits per heavy atom. The Hall–Kier alpha value is -2.50. The first-order chi connectivity index (χ1) is 15.3. The van der Waals surface area contributed by atoms with E-state index in [1.807, 2.05) is 38.1 Å². The number of benzene rings is 2. The van der Waals surface area contributed by atoms with E-state index in [0.29, 0.717) is 18.5 Å². The monoisotopic (exact) mass is 463 g/mol. The fourth-order valence-corrected chi connectivity index (χ4v) is 3.41. The Morgan fingerprint density at radius 2 is 2.06 bits per heavy atom. The molecule has 2 aromatic carbocycles. The van der Waals surface area contributed by atoms with Crippen LogP contribution in [0.2, 0.25) is 0 Å². The Bertz CT molecular complexity index is 926. The van der Waals surface area contributed by atoms with Crippen LogP contribution in [0.25, 0.3) is 0 Å². The lowest BCUT2D eigenvalue weighted by Gasteiger charge is -2.33. The molecular formula is C22H29N3O6S. The molecule has 1 amide bonds. The number of hydrogen-bond acceptors (Lipinski definition) is 9. The molecule has 3 rings (SSSR count). The average molecular weight is 464 g/mol. The summed E-state index contributed by atoms with van der Waals surface area (Å²) in [5, 5.41) is 23.9. The maximum absolute atomic E-state index is 12.3. The van der Waals surface area contributed by atoms with Crippen LogP contribution in [0.15, 0.2) is 42.5 Å². The van der Waals surface area contributed by atoms with E-state index in [-0.39, 0.29) is 36.3 Å². The molecule has 0 spiro atoms. The van der Waals surface area contributed by atoms with Gasteiger partial charge in [-0.15, -0.1) is 0 Å². The van der Waals surface area contributed by atoms with Crippen LogP contribution in [-0.4, -0.2) is 41.2 Å². The summed E-state index contributed by atoms with van der Waals surface area (Å²) in [4.78, 5) is 19.1. The highest BCUT2D eigenvalue weighted by molar-refractivity contribution is 7.93. The Balaban J connectivity index is 1.56. The quantitative estimate of drug-likeness (QED) is 0.226. The Labute approximate surface area is 191 Å². The number of phenols is 1. The van der Waals surface area contributed by atoms with Crippen LogP contribution in [0.5, 0.6) is 11.5 Å². The summed E-state index contributed by atoms with van der Waals surface area (Å²) < 4.78 is 10.1. The number of cyclic esters (lactones) is 1. The SMILES string of the molecule is CSONOc1cc(C(O)CNC(C)(C)CCN2C(=O)OCc3ccccc32)ccc1O. The van der Waals surface area contributed by atoms with Crippen molar-refractivity contribution in [3.05, 3.63) is 53.6 Å². The van der Waals surface area contributed by atoms with Gasteiger partial charge in [0.05, 0.1) is 11.8 Å². The van der Waals surface area contributed by atoms with Crippen LogP contribution < -0.4 is 20.7 Å². The molecule has 1 unspecified atom stereocenters. The van der Waals surface area contributed by atoms with Crippen molar-refractivity contribution in [2.24, 2.45) is 0 Å². The molecule has 2 aromatic rings. The summed E-state index contributed by atoms with van der Waals surface area (Å²) >= 11 is 1.05. The molecule has 1 aliphatic rings. The second-order valence-electron chi connectivity index (χ2n) is 8.03. The molecule has 1 aliphatic heterocycles. The number of aliphatic hydroxyl groups excluding tert-OH is 1. The topological polar surface area (TPSA) is 113 Å². The number of amides is 1. The normalized spacial score (nSPS) is 14.6. The summed E-state index contributed by atoms with van der Waals surface area (Å²) in [7, 11) is 0. The van der Waals surface area contributed by atoms with E-state index in [2.05, 4.69) is 11.0 Å². The molecule has 0 saturated heterocycles. The highest BCUT2D eigenvalue weighted by Crippen LogP contribution is 2.30. The van der Waals surface area contributed by atoms with Crippen LogP contribution >= 0.6 is 12.0 Å². The molecule has 9 nitrogen and oxygen atoms in total. The van der Waals surface area contributed by atoms with Gasteiger partial charge in [-0.2, -0.15) is 4.28 Å².